The monoisotopic (exact) mass is 453 g/mol. The van der Waals surface area contributed by atoms with Crippen molar-refractivity contribution in [1.82, 2.24) is 4.98 Å². The van der Waals surface area contributed by atoms with E-state index in [0.29, 0.717) is 18.1 Å². The van der Waals surface area contributed by atoms with Crippen LogP contribution in [0.25, 0.3) is 22.6 Å². The van der Waals surface area contributed by atoms with Crippen LogP contribution in [0.2, 0.25) is 0 Å². The van der Waals surface area contributed by atoms with Crippen molar-refractivity contribution >= 4 is 0 Å². The zero-order valence-electron chi connectivity index (χ0n) is 20.0. The van der Waals surface area contributed by atoms with E-state index in [2.05, 4.69) is 68.4 Å². The Kier molecular flexibility index (Phi) is 6.01. The van der Waals surface area contributed by atoms with Crippen LogP contribution in [0.4, 0.5) is 0 Å². The number of rotatable bonds is 6. The first kappa shape index (κ1) is 22.4. The lowest BCUT2D eigenvalue weighted by molar-refractivity contribution is -0.0264. The topological polar surface area (TPSA) is 55.5 Å². The minimum atomic E-state index is -1.11. The minimum absolute atomic E-state index is 0.0231. The van der Waals surface area contributed by atoms with Gasteiger partial charge in [0.1, 0.15) is 17.0 Å². The van der Waals surface area contributed by atoms with Gasteiger partial charge in [-0.1, -0.05) is 71.8 Å². The van der Waals surface area contributed by atoms with E-state index in [9.17, 15) is 5.11 Å². The summed E-state index contributed by atoms with van der Waals surface area (Å²) in [4.78, 5) is 4.95. The highest BCUT2D eigenvalue weighted by Gasteiger charge is 2.47. The molecule has 1 heterocycles. The second-order valence-electron chi connectivity index (χ2n) is 9.50. The standard InChI is InChI=1S/C30H31NO3/c1-20-9-13-23(14-10-20)27-28(24-15-11-21(2)12-16-24)34-29(31-27)30(32)17-5-7-25(30)18-22-6-4-8-26(19-22)33-3/h4,6,8-16,19,25,32H,5,7,17-18H2,1-3H3. The molecule has 174 valence electrons. The van der Waals surface area contributed by atoms with Crippen LogP contribution in [0.15, 0.2) is 77.2 Å². The Labute approximate surface area is 201 Å². The minimum Gasteiger partial charge on any atom is -0.497 e. The van der Waals surface area contributed by atoms with E-state index in [-0.39, 0.29) is 5.92 Å². The Bertz CT molecular complexity index is 1210. The Morgan fingerprint density at radius 3 is 2.32 bits per heavy atom. The highest BCUT2D eigenvalue weighted by atomic mass is 16.5. The number of oxazole rings is 1. The van der Waals surface area contributed by atoms with Gasteiger partial charge in [-0.2, -0.15) is 0 Å². The third-order valence-corrected chi connectivity index (χ3v) is 7.04. The van der Waals surface area contributed by atoms with Crippen LogP contribution < -0.4 is 4.74 Å². The fourth-order valence-electron chi connectivity index (χ4n) is 5.01. The van der Waals surface area contributed by atoms with Crippen LogP contribution in [0.5, 0.6) is 5.75 Å². The third-order valence-electron chi connectivity index (χ3n) is 7.04. The number of ether oxygens (including phenoxy) is 1. The van der Waals surface area contributed by atoms with Crippen molar-refractivity contribution in [2.24, 2.45) is 5.92 Å². The van der Waals surface area contributed by atoms with Gasteiger partial charge in [0.15, 0.2) is 5.76 Å². The Balaban J connectivity index is 1.56. The second kappa shape index (κ2) is 9.11. The van der Waals surface area contributed by atoms with Gasteiger partial charge in [0.25, 0.3) is 0 Å². The number of hydrogen-bond donors (Lipinski definition) is 1. The summed E-state index contributed by atoms with van der Waals surface area (Å²) in [5, 5.41) is 11.9. The first-order valence-electron chi connectivity index (χ1n) is 12.0. The summed E-state index contributed by atoms with van der Waals surface area (Å²) in [7, 11) is 1.68. The molecule has 0 amide bonds. The van der Waals surface area contributed by atoms with Crippen LogP contribution >= 0.6 is 0 Å². The summed E-state index contributed by atoms with van der Waals surface area (Å²) < 4.78 is 11.8. The van der Waals surface area contributed by atoms with Gasteiger partial charge in [0.05, 0.1) is 7.11 Å². The lowest BCUT2D eigenvalue weighted by Gasteiger charge is -2.27. The summed E-state index contributed by atoms with van der Waals surface area (Å²) in [6, 6.07) is 24.7. The van der Waals surface area contributed by atoms with Crippen molar-refractivity contribution in [3.05, 3.63) is 95.4 Å². The number of aliphatic hydroxyl groups is 1. The van der Waals surface area contributed by atoms with E-state index in [1.165, 1.54) is 11.1 Å². The van der Waals surface area contributed by atoms with Gasteiger partial charge in [0, 0.05) is 17.0 Å². The van der Waals surface area contributed by atoms with Crippen molar-refractivity contribution in [1.29, 1.82) is 0 Å². The molecule has 2 unspecified atom stereocenters. The Morgan fingerprint density at radius 1 is 0.971 bits per heavy atom. The summed E-state index contributed by atoms with van der Waals surface area (Å²) in [6.45, 7) is 4.14. The average molecular weight is 454 g/mol. The molecule has 5 rings (SSSR count). The number of benzene rings is 3. The highest BCUT2D eigenvalue weighted by Crippen LogP contribution is 2.47. The molecule has 2 atom stereocenters. The molecule has 0 saturated heterocycles. The van der Waals surface area contributed by atoms with E-state index < -0.39 is 5.60 Å². The number of aryl methyl sites for hydroxylation is 2. The van der Waals surface area contributed by atoms with Gasteiger partial charge in [0.2, 0.25) is 5.89 Å². The molecular weight excluding hydrogens is 422 g/mol. The van der Waals surface area contributed by atoms with Crippen molar-refractivity contribution in [3.63, 3.8) is 0 Å². The predicted octanol–water partition coefficient (Wildman–Crippen LogP) is 6.86. The molecule has 1 aromatic heterocycles. The van der Waals surface area contributed by atoms with E-state index in [1.807, 2.05) is 18.2 Å². The molecule has 0 radical (unpaired) electrons. The van der Waals surface area contributed by atoms with Gasteiger partial charge in [-0.3, -0.25) is 0 Å². The maximum Gasteiger partial charge on any atom is 0.227 e. The van der Waals surface area contributed by atoms with Gasteiger partial charge in [-0.05, 0) is 57.2 Å². The van der Waals surface area contributed by atoms with Gasteiger partial charge >= 0.3 is 0 Å². The lowest BCUT2D eigenvalue weighted by Crippen LogP contribution is -2.32. The van der Waals surface area contributed by atoms with Crippen LogP contribution in [-0.2, 0) is 12.0 Å². The van der Waals surface area contributed by atoms with E-state index in [0.717, 1.165) is 47.4 Å². The molecular formula is C30H31NO3. The number of methoxy groups -OCH3 is 1. The second-order valence-corrected chi connectivity index (χ2v) is 9.50. The molecule has 3 aromatic carbocycles. The summed E-state index contributed by atoms with van der Waals surface area (Å²) >= 11 is 0. The SMILES string of the molecule is COc1cccc(CC2CCCC2(O)c2nc(-c3ccc(C)cc3)c(-c3ccc(C)cc3)o2)c1. The molecule has 0 aliphatic heterocycles. The van der Waals surface area contributed by atoms with E-state index in [1.54, 1.807) is 7.11 Å². The van der Waals surface area contributed by atoms with Crippen LogP contribution in [0, 0.1) is 19.8 Å². The fraction of sp³-hybridized carbons (Fsp3) is 0.300. The number of nitrogens with zero attached hydrogens (tertiary/aromatic N) is 1. The first-order valence-corrected chi connectivity index (χ1v) is 12.0. The Morgan fingerprint density at radius 2 is 1.65 bits per heavy atom. The fourth-order valence-corrected chi connectivity index (χ4v) is 5.01. The van der Waals surface area contributed by atoms with E-state index >= 15 is 0 Å². The zero-order chi connectivity index (χ0) is 23.7. The number of aromatic nitrogens is 1. The van der Waals surface area contributed by atoms with Crippen molar-refractivity contribution < 1.29 is 14.3 Å². The summed E-state index contributed by atoms with van der Waals surface area (Å²) in [5.41, 5.74) is 5.15. The molecule has 1 fully saturated rings. The van der Waals surface area contributed by atoms with Crippen molar-refractivity contribution in [3.8, 4) is 28.3 Å². The van der Waals surface area contributed by atoms with Crippen LogP contribution in [0.3, 0.4) is 0 Å². The molecule has 0 spiro atoms. The molecule has 34 heavy (non-hydrogen) atoms. The van der Waals surface area contributed by atoms with Crippen LogP contribution in [-0.4, -0.2) is 17.2 Å². The number of hydrogen-bond acceptors (Lipinski definition) is 4. The summed E-state index contributed by atoms with van der Waals surface area (Å²) in [5.74, 6) is 1.98. The van der Waals surface area contributed by atoms with Gasteiger partial charge in [-0.15, -0.1) is 0 Å². The molecule has 1 N–H and O–H groups in total. The van der Waals surface area contributed by atoms with Gasteiger partial charge < -0.3 is 14.3 Å². The maximum atomic E-state index is 11.9. The highest BCUT2D eigenvalue weighted by molar-refractivity contribution is 5.77. The molecule has 1 aliphatic carbocycles. The lowest BCUT2D eigenvalue weighted by atomic mass is 9.85. The smallest absolute Gasteiger partial charge is 0.227 e. The predicted molar refractivity (Wildman–Crippen MR) is 135 cm³/mol. The quantitative estimate of drug-likeness (QED) is 0.346. The normalized spacial score (nSPS) is 19.9. The average Bonchev–Trinajstić information content (AvgIpc) is 3.46. The van der Waals surface area contributed by atoms with Crippen LogP contribution in [0.1, 0.15) is 41.8 Å². The third kappa shape index (κ3) is 4.26. The maximum absolute atomic E-state index is 11.9. The molecule has 4 nitrogen and oxygen atoms in total. The summed E-state index contributed by atoms with van der Waals surface area (Å²) in [6.07, 6.45) is 3.25. The largest absolute Gasteiger partial charge is 0.497 e. The van der Waals surface area contributed by atoms with E-state index in [4.69, 9.17) is 14.1 Å². The molecule has 1 aliphatic rings. The molecule has 4 aromatic rings. The molecule has 1 saturated carbocycles. The first-order chi connectivity index (χ1) is 16.5. The molecule has 0 bridgehead atoms. The van der Waals surface area contributed by atoms with Crippen molar-refractivity contribution in [2.45, 2.75) is 45.1 Å². The zero-order valence-corrected chi connectivity index (χ0v) is 20.0. The molecule has 4 heteroatoms. The Hall–Kier alpha value is -3.37. The van der Waals surface area contributed by atoms with Crippen molar-refractivity contribution in [2.75, 3.05) is 7.11 Å². The van der Waals surface area contributed by atoms with Gasteiger partial charge in [-0.25, -0.2) is 4.98 Å².